The number of guanidine groups is 1. The van der Waals surface area contributed by atoms with E-state index in [0.717, 1.165) is 50.0 Å². The van der Waals surface area contributed by atoms with Gasteiger partial charge in [-0.3, -0.25) is 4.99 Å². The molecule has 0 saturated carbocycles. The van der Waals surface area contributed by atoms with E-state index in [0.29, 0.717) is 12.4 Å². The van der Waals surface area contributed by atoms with Crippen LogP contribution in [0.2, 0.25) is 0 Å². The van der Waals surface area contributed by atoms with E-state index in [2.05, 4.69) is 46.0 Å². The molecule has 6 heteroatoms. The third-order valence-corrected chi connectivity index (χ3v) is 5.38. The molecule has 156 valence electrons. The molecule has 1 aliphatic heterocycles. The van der Waals surface area contributed by atoms with Gasteiger partial charge in [0.15, 0.2) is 17.5 Å². The zero-order valence-corrected chi connectivity index (χ0v) is 17.5. The Morgan fingerprint density at radius 3 is 2.52 bits per heavy atom. The maximum absolute atomic E-state index is 5.63. The number of nitrogens with one attached hydrogen (secondary N) is 2. The van der Waals surface area contributed by atoms with Gasteiger partial charge in [0, 0.05) is 44.0 Å². The third kappa shape index (κ3) is 5.21. The number of aliphatic imine (C=N–C) groups is 1. The highest BCUT2D eigenvalue weighted by atomic mass is 16.5. The quantitative estimate of drug-likeness (QED) is 0.549. The monoisotopic (exact) mass is 397 g/mol. The second-order valence-electron chi connectivity index (χ2n) is 7.11. The molecule has 1 heterocycles. The molecule has 0 bridgehead atoms. The van der Waals surface area contributed by atoms with Crippen molar-refractivity contribution in [2.75, 3.05) is 45.8 Å². The molecule has 29 heavy (non-hydrogen) atoms. The van der Waals surface area contributed by atoms with Crippen LogP contribution in [-0.2, 0) is 10.2 Å². The number of hydrogen-bond donors (Lipinski definition) is 2. The van der Waals surface area contributed by atoms with E-state index in [1.807, 2.05) is 25.1 Å². The average Bonchev–Trinajstić information content (AvgIpc) is 2.79. The number of benzene rings is 2. The van der Waals surface area contributed by atoms with Crippen molar-refractivity contribution in [3.05, 3.63) is 54.1 Å². The van der Waals surface area contributed by atoms with Crippen molar-refractivity contribution in [1.29, 1.82) is 0 Å². The SMILES string of the molecule is CCOc1ccc(NC(=NC)NCC2(c3ccccc3)CCOCC2)cc1OC. The van der Waals surface area contributed by atoms with Crippen LogP contribution in [0, 0.1) is 0 Å². The maximum Gasteiger partial charge on any atom is 0.195 e. The fourth-order valence-corrected chi connectivity index (χ4v) is 3.71. The molecule has 0 unspecified atom stereocenters. The Morgan fingerprint density at radius 2 is 1.86 bits per heavy atom. The van der Waals surface area contributed by atoms with E-state index in [1.54, 1.807) is 14.2 Å². The molecule has 1 saturated heterocycles. The van der Waals surface area contributed by atoms with Gasteiger partial charge in [0.05, 0.1) is 13.7 Å². The Kier molecular flexibility index (Phi) is 7.36. The van der Waals surface area contributed by atoms with Crippen molar-refractivity contribution in [3.63, 3.8) is 0 Å². The first kappa shape index (κ1) is 21.0. The predicted octanol–water partition coefficient (Wildman–Crippen LogP) is 3.83. The fourth-order valence-electron chi connectivity index (χ4n) is 3.71. The van der Waals surface area contributed by atoms with Crippen molar-refractivity contribution in [3.8, 4) is 11.5 Å². The van der Waals surface area contributed by atoms with Crippen LogP contribution in [0.5, 0.6) is 11.5 Å². The largest absolute Gasteiger partial charge is 0.493 e. The third-order valence-electron chi connectivity index (χ3n) is 5.38. The van der Waals surface area contributed by atoms with E-state index < -0.39 is 0 Å². The van der Waals surface area contributed by atoms with Crippen molar-refractivity contribution >= 4 is 11.6 Å². The van der Waals surface area contributed by atoms with Crippen LogP contribution in [0.3, 0.4) is 0 Å². The predicted molar refractivity (Wildman–Crippen MR) is 117 cm³/mol. The summed E-state index contributed by atoms with van der Waals surface area (Å²) in [5, 5.41) is 6.87. The van der Waals surface area contributed by atoms with Crippen molar-refractivity contribution in [1.82, 2.24) is 5.32 Å². The summed E-state index contributed by atoms with van der Waals surface area (Å²) in [5.74, 6) is 2.14. The van der Waals surface area contributed by atoms with Crippen LogP contribution in [0.15, 0.2) is 53.5 Å². The lowest BCUT2D eigenvalue weighted by Crippen LogP contribution is -2.46. The van der Waals surface area contributed by atoms with E-state index >= 15 is 0 Å². The number of rotatable bonds is 7. The second-order valence-corrected chi connectivity index (χ2v) is 7.11. The zero-order valence-electron chi connectivity index (χ0n) is 17.5. The molecule has 0 aromatic heterocycles. The van der Waals surface area contributed by atoms with E-state index in [1.165, 1.54) is 5.56 Å². The highest BCUT2D eigenvalue weighted by molar-refractivity contribution is 5.93. The molecule has 2 aromatic carbocycles. The minimum atomic E-state index is 0.0354. The van der Waals surface area contributed by atoms with Crippen molar-refractivity contribution in [2.24, 2.45) is 4.99 Å². The summed E-state index contributed by atoms with van der Waals surface area (Å²) in [6.45, 7) is 4.89. The Balaban J connectivity index is 1.71. The van der Waals surface area contributed by atoms with E-state index in [9.17, 15) is 0 Å². The maximum atomic E-state index is 5.63. The molecule has 3 rings (SSSR count). The van der Waals surface area contributed by atoms with Crippen molar-refractivity contribution in [2.45, 2.75) is 25.2 Å². The van der Waals surface area contributed by atoms with Gasteiger partial charge < -0.3 is 24.8 Å². The molecule has 6 nitrogen and oxygen atoms in total. The van der Waals surface area contributed by atoms with Gasteiger partial charge in [-0.25, -0.2) is 0 Å². The number of anilines is 1. The molecule has 0 amide bonds. The van der Waals surface area contributed by atoms with Gasteiger partial charge in [0.2, 0.25) is 0 Å². The smallest absolute Gasteiger partial charge is 0.195 e. The fraction of sp³-hybridized carbons (Fsp3) is 0.435. The number of ether oxygens (including phenoxy) is 3. The van der Waals surface area contributed by atoms with Gasteiger partial charge in [0.1, 0.15) is 0 Å². The standard InChI is InChI=1S/C23H31N3O3/c1-4-29-20-11-10-19(16-21(20)27-3)26-22(24-2)25-17-23(12-14-28-15-13-23)18-8-6-5-7-9-18/h5-11,16H,4,12-15,17H2,1-3H3,(H2,24,25,26). The summed E-state index contributed by atoms with van der Waals surface area (Å²) in [5.41, 5.74) is 2.27. The van der Waals surface area contributed by atoms with Gasteiger partial charge in [-0.2, -0.15) is 0 Å². The van der Waals surface area contributed by atoms with Gasteiger partial charge in [0.25, 0.3) is 0 Å². The lowest BCUT2D eigenvalue weighted by molar-refractivity contribution is 0.0514. The van der Waals surface area contributed by atoms with E-state index in [4.69, 9.17) is 14.2 Å². The first-order chi connectivity index (χ1) is 14.2. The minimum absolute atomic E-state index is 0.0354. The lowest BCUT2D eigenvalue weighted by atomic mass is 9.74. The summed E-state index contributed by atoms with van der Waals surface area (Å²) >= 11 is 0. The minimum Gasteiger partial charge on any atom is -0.493 e. The van der Waals surface area contributed by atoms with Gasteiger partial charge >= 0.3 is 0 Å². The summed E-state index contributed by atoms with van der Waals surface area (Å²) in [4.78, 5) is 4.40. The summed E-state index contributed by atoms with van der Waals surface area (Å²) < 4.78 is 16.7. The molecular formula is C23H31N3O3. The van der Waals surface area contributed by atoms with Gasteiger partial charge in [-0.1, -0.05) is 30.3 Å². The Labute approximate surface area is 173 Å². The number of nitrogens with zero attached hydrogens (tertiary/aromatic N) is 1. The molecule has 0 atom stereocenters. The topological polar surface area (TPSA) is 64.1 Å². The second kappa shape index (κ2) is 10.2. The highest BCUT2D eigenvalue weighted by Gasteiger charge is 2.34. The normalized spacial score (nSPS) is 16.2. The Morgan fingerprint density at radius 1 is 1.10 bits per heavy atom. The van der Waals surface area contributed by atoms with Crippen LogP contribution < -0.4 is 20.1 Å². The molecule has 0 radical (unpaired) electrons. The summed E-state index contributed by atoms with van der Waals surface area (Å²) in [6.07, 6.45) is 1.97. The lowest BCUT2D eigenvalue weighted by Gasteiger charge is -2.38. The average molecular weight is 398 g/mol. The van der Waals surface area contributed by atoms with Gasteiger partial charge in [-0.05, 0) is 37.5 Å². The van der Waals surface area contributed by atoms with Crippen LogP contribution in [0.1, 0.15) is 25.3 Å². The molecular weight excluding hydrogens is 366 g/mol. The first-order valence-electron chi connectivity index (χ1n) is 10.1. The van der Waals surface area contributed by atoms with E-state index in [-0.39, 0.29) is 5.41 Å². The van der Waals surface area contributed by atoms with Crippen LogP contribution in [0.4, 0.5) is 5.69 Å². The number of methoxy groups -OCH3 is 1. The number of hydrogen-bond acceptors (Lipinski definition) is 4. The molecule has 0 aliphatic carbocycles. The summed E-state index contributed by atoms with van der Waals surface area (Å²) in [7, 11) is 3.42. The van der Waals surface area contributed by atoms with Crippen LogP contribution >= 0.6 is 0 Å². The highest BCUT2D eigenvalue weighted by Crippen LogP contribution is 2.34. The molecule has 0 spiro atoms. The van der Waals surface area contributed by atoms with Crippen LogP contribution in [-0.4, -0.2) is 46.5 Å². The summed E-state index contributed by atoms with van der Waals surface area (Å²) in [6, 6.07) is 16.5. The molecule has 2 N–H and O–H groups in total. The molecule has 1 fully saturated rings. The zero-order chi connectivity index (χ0) is 20.5. The first-order valence-corrected chi connectivity index (χ1v) is 10.1. The molecule has 2 aromatic rings. The Hall–Kier alpha value is -2.73. The van der Waals surface area contributed by atoms with Gasteiger partial charge in [-0.15, -0.1) is 0 Å². The van der Waals surface area contributed by atoms with Crippen LogP contribution in [0.25, 0.3) is 0 Å². The Bertz CT molecular complexity index is 802. The van der Waals surface area contributed by atoms with Crippen molar-refractivity contribution < 1.29 is 14.2 Å². The molecule has 1 aliphatic rings.